The summed E-state index contributed by atoms with van der Waals surface area (Å²) in [5.74, 6) is -0.144. The molecule has 0 spiro atoms. The van der Waals surface area contributed by atoms with Crippen molar-refractivity contribution in [1.82, 2.24) is 19.6 Å². The third-order valence-corrected chi connectivity index (χ3v) is 6.21. The standard InChI is InChI=1S/C19H34N4O4/c1-15-18(27-19(25)23(15)16-6-9-20(2)10-7-16)22-13-11-21(12-14-22)8-4-5-17(24)26-3/h15-16,18H,4-14H2,1-3H3. The Bertz CT molecular complexity index is 516. The van der Waals surface area contributed by atoms with Crippen LogP contribution in [0.2, 0.25) is 0 Å². The molecule has 3 fully saturated rings. The smallest absolute Gasteiger partial charge is 0.412 e. The molecule has 2 atom stereocenters. The number of cyclic esters (lactones) is 1. The van der Waals surface area contributed by atoms with Crippen LogP contribution in [0.5, 0.6) is 0 Å². The Hall–Kier alpha value is -1.38. The Morgan fingerprint density at radius 2 is 1.81 bits per heavy atom. The highest BCUT2D eigenvalue weighted by Gasteiger charge is 2.46. The average Bonchev–Trinajstić information content (AvgIpc) is 2.97. The van der Waals surface area contributed by atoms with Gasteiger partial charge in [-0.1, -0.05) is 0 Å². The summed E-state index contributed by atoms with van der Waals surface area (Å²) in [4.78, 5) is 32.7. The number of piperidine rings is 1. The molecule has 0 aromatic heterocycles. The maximum absolute atomic E-state index is 12.5. The zero-order valence-corrected chi connectivity index (χ0v) is 16.9. The lowest BCUT2D eigenvalue weighted by atomic mass is 10.0. The van der Waals surface area contributed by atoms with Crippen LogP contribution in [0.25, 0.3) is 0 Å². The van der Waals surface area contributed by atoms with Crippen LogP contribution in [0.4, 0.5) is 4.79 Å². The van der Waals surface area contributed by atoms with Crippen LogP contribution >= 0.6 is 0 Å². The minimum atomic E-state index is -0.150. The number of carbonyl (C=O) groups excluding carboxylic acids is 2. The molecule has 8 nitrogen and oxygen atoms in total. The van der Waals surface area contributed by atoms with E-state index in [4.69, 9.17) is 9.47 Å². The van der Waals surface area contributed by atoms with Gasteiger partial charge < -0.3 is 19.3 Å². The van der Waals surface area contributed by atoms with E-state index in [9.17, 15) is 9.59 Å². The van der Waals surface area contributed by atoms with Crippen LogP contribution in [0.15, 0.2) is 0 Å². The fourth-order valence-electron chi connectivity index (χ4n) is 4.49. The van der Waals surface area contributed by atoms with E-state index in [1.807, 2.05) is 4.90 Å². The van der Waals surface area contributed by atoms with Crippen LogP contribution in [0.3, 0.4) is 0 Å². The SMILES string of the molecule is COC(=O)CCCN1CCN(C2OC(=O)N(C3CCN(C)CC3)C2C)CC1. The lowest BCUT2D eigenvalue weighted by molar-refractivity contribution is -0.140. The Kier molecular flexibility index (Phi) is 6.94. The zero-order chi connectivity index (χ0) is 19.4. The molecule has 2 unspecified atom stereocenters. The fourth-order valence-corrected chi connectivity index (χ4v) is 4.49. The maximum atomic E-state index is 12.5. The van der Waals surface area contributed by atoms with Crippen molar-refractivity contribution in [3.05, 3.63) is 0 Å². The lowest BCUT2D eigenvalue weighted by Gasteiger charge is -2.40. The molecule has 3 aliphatic heterocycles. The van der Waals surface area contributed by atoms with Gasteiger partial charge in [0.05, 0.1) is 13.2 Å². The maximum Gasteiger partial charge on any atom is 0.412 e. The quantitative estimate of drug-likeness (QED) is 0.630. The number of esters is 1. The molecule has 0 radical (unpaired) electrons. The van der Waals surface area contributed by atoms with Gasteiger partial charge >= 0.3 is 12.1 Å². The van der Waals surface area contributed by atoms with Crippen LogP contribution in [0.1, 0.15) is 32.6 Å². The molecule has 8 heteroatoms. The molecule has 27 heavy (non-hydrogen) atoms. The molecule has 3 rings (SSSR count). The molecule has 3 aliphatic rings. The van der Waals surface area contributed by atoms with Gasteiger partial charge in [-0.2, -0.15) is 0 Å². The summed E-state index contributed by atoms with van der Waals surface area (Å²) in [6.07, 6.45) is 3.05. The third kappa shape index (κ3) is 4.92. The van der Waals surface area contributed by atoms with Gasteiger partial charge in [0.2, 0.25) is 0 Å². The summed E-state index contributed by atoms with van der Waals surface area (Å²) in [6, 6.07) is 0.394. The first kappa shape index (κ1) is 20.4. The number of ether oxygens (including phenoxy) is 2. The van der Waals surface area contributed by atoms with Gasteiger partial charge in [-0.3, -0.25) is 14.6 Å². The van der Waals surface area contributed by atoms with Gasteiger partial charge in [0.15, 0.2) is 6.23 Å². The van der Waals surface area contributed by atoms with Crippen molar-refractivity contribution >= 4 is 12.1 Å². The van der Waals surface area contributed by atoms with E-state index in [-0.39, 0.29) is 24.3 Å². The Morgan fingerprint density at radius 3 is 2.44 bits per heavy atom. The van der Waals surface area contributed by atoms with Crippen LogP contribution in [-0.4, -0.2) is 110 Å². The molecule has 154 valence electrons. The number of likely N-dealkylation sites (tertiary alicyclic amines) is 1. The largest absolute Gasteiger partial charge is 0.469 e. The molecule has 0 saturated carbocycles. The highest BCUT2D eigenvalue weighted by atomic mass is 16.6. The molecular formula is C19H34N4O4. The summed E-state index contributed by atoms with van der Waals surface area (Å²) >= 11 is 0. The number of nitrogens with zero attached hydrogens (tertiary/aromatic N) is 4. The van der Waals surface area contributed by atoms with E-state index in [2.05, 4.69) is 28.7 Å². The van der Waals surface area contributed by atoms with Gasteiger partial charge in [0, 0.05) is 38.6 Å². The monoisotopic (exact) mass is 382 g/mol. The van der Waals surface area contributed by atoms with Crippen molar-refractivity contribution in [3.63, 3.8) is 0 Å². The zero-order valence-electron chi connectivity index (χ0n) is 16.9. The Morgan fingerprint density at radius 1 is 1.15 bits per heavy atom. The molecule has 0 N–H and O–H groups in total. The number of methoxy groups -OCH3 is 1. The third-order valence-electron chi connectivity index (χ3n) is 6.21. The van der Waals surface area contributed by atoms with Crippen molar-refractivity contribution in [2.24, 2.45) is 0 Å². The summed E-state index contributed by atoms with van der Waals surface area (Å²) < 4.78 is 10.5. The van der Waals surface area contributed by atoms with E-state index in [0.29, 0.717) is 12.5 Å². The van der Waals surface area contributed by atoms with E-state index in [0.717, 1.165) is 65.1 Å². The van der Waals surface area contributed by atoms with Crippen LogP contribution < -0.4 is 0 Å². The topological polar surface area (TPSA) is 65.6 Å². The molecule has 0 aromatic rings. The molecule has 0 aliphatic carbocycles. The highest BCUT2D eigenvalue weighted by Crippen LogP contribution is 2.29. The predicted octanol–water partition coefficient (Wildman–Crippen LogP) is 0.818. The normalized spacial score (nSPS) is 29.1. The first-order valence-corrected chi connectivity index (χ1v) is 10.2. The second-order valence-electron chi connectivity index (χ2n) is 8.01. The lowest BCUT2D eigenvalue weighted by Crippen LogP contribution is -2.55. The van der Waals surface area contributed by atoms with Crippen molar-refractivity contribution in [3.8, 4) is 0 Å². The number of hydrogen-bond donors (Lipinski definition) is 0. The number of carbonyl (C=O) groups is 2. The van der Waals surface area contributed by atoms with E-state index >= 15 is 0 Å². The number of rotatable bonds is 6. The summed E-state index contributed by atoms with van der Waals surface area (Å²) in [7, 11) is 3.56. The summed E-state index contributed by atoms with van der Waals surface area (Å²) in [5, 5.41) is 0. The van der Waals surface area contributed by atoms with Gasteiger partial charge in [0.1, 0.15) is 0 Å². The van der Waals surface area contributed by atoms with E-state index in [1.165, 1.54) is 7.11 Å². The number of amides is 1. The summed E-state index contributed by atoms with van der Waals surface area (Å²) in [6.45, 7) is 8.77. The van der Waals surface area contributed by atoms with Crippen LogP contribution in [-0.2, 0) is 14.3 Å². The predicted molar refractivity (Wildman–Crippen MR) is 101 cm³/mol. The Balaban J connectivity index is 1.46. The first-order valence-electron chi connectivity index (χ1n) is 10.2. The molecule has 1 amide bonds. The van der Waals surface area contributed by atoms with Gasteiger partial charge in [0.25, 0.3) is 0 Å². The molecule has 3 saturated heterocycles. The van der Waals surface area contributed by atoms with Gasteiger partial charge in [-0.25, -0.2) is 4.79 Å². The summed E-state index contributed by atoms with van der Waals surface area (Å²) in [5.41, 5.74) is 0. The van der Waals surface area contributed by atoms with Crippen molar-refractivity contribution < 1.29 is 19.1 Å². The first-order chi connectivity index (χ1) is 13.0. The second kappa shape index (κ2) is 9.21. The number of hydrogen-bond acceptors (Lipinski definition) is 7. The van der Waals surface area contributed by atoms with Crippen molar-refractivity contribution in [2.75, 3.05) is 60.0 Å². The second-order valence-corrected chi connectivity index (χ2v) is 8.01. The molecule has 3 heterocycles. The van der Waals surface area contributed by atoms with Crippen LogP contribution in [0, 0.1) is 0 Å². The molecule has 0 aromatic carbocycles. The number of piperazine rings is 1. The van der Waals surface area contributed by atoms with Gasteiger partial charge in [-0.05, 0) is 52.9 Å². The highest BCUT2D eigenvalue weighted by molar-refractivity contribution is 5.71. The average molecular weight is 383 g/mol. The van der Waals surface area contributed by atoms with E-state index in [1.54, 1.807) is 0 Å². The minimum Gasteiger partial charge on any atom is -0.469 e. The van der Waals surface area contributed by atoms with Gasteiger partial charge in [-0.15, -0.1) is 0 Å². The molecule has 0 bridgehead atoms. The fraction of sp³-hybridized carbons (Fsp3) is 0.895. The van der Waals surface area contributed by atoms with E-state index < -0.39 is 0 Å². The Labute approximate surface area is 162 Å². The minimum absolute atomic E-state index is 0.0942. The van der Waals surface area contributed by atoms with Crippen molar-refractivity contribution in [2.45, 2.75) is 50.9 Å². The molecular weight excluding hydrogens is 348 g/mol. The van der Waals surface area contributed by atoms with Crippen molar-refractivity contribution in [1.29, 1.82) is 0 Å².